The molecule has 1 N–H and O–H groups in total. The number of hydrazone groups is 1. The zero-order chi connectivity index (χ0) is 30.0. The summed E-state index contributed by atoms with van der Waals surface area (Å²) in [7, 11) is 1.05. The van der Waals surface area contributed by atoms with Crippen molar-refractivity contribution in [3.05, 3.63) is 71.2 Å². The molecule has 0 atom stereocenters. The summed E-state index contributed by atoms with van der Waals surface area (Å²) in [5.41, 5.74) is 2.89. The van der Waals surface area contributed by atoms with Crippen LogP contribution in [0.1, 0.15) is 5.56 Å². The van der Waals surface area contributed by atoms with Crippen LogP contribution in [0.5, 0.6) is 23.0 Å². The van der Waals surface area contributed by atoms with Crippen LogP contribution in [-0.2, 0) is 24.3 Å². The molecule has 0 spiro atoms. The molecular formula is C27H28ClN3O9S. The van der Waals surface area contributed by atoms with Gasteiger partial charge in [-0.05, 0) is 48.0 Å². The third-order valence-corrected chi connectivity index (χ3v) is 7.48. The second kappa shape index (κ2) is 14.2. The number of rotatable bonds is 13. The molecule has 0 heterocycles. The number of amides is 1. The molecule has 0 saturated heterocycles. The third-order valence-electron chi connectivity index (χ3n) is 5.49. The van der Waals surface area contributed by atoms with Gasteiger partial charge in [0.25, 0.3) is 15.9 Å². The van der Waals surface area contributed by atoms with E-state index < -0.39 is 28.4 Å². The average molecular weight is 606 g/mol. The number of sulfonamides is 1. The van der Waals surface area contributed by atoms with Gasteiger partial charge in [0, 0.05) is 11.1 Å². The highest BCUT2D eigenvalue weighted by atomic mass is 35.5. The summed E-state index contributed by atoms with van der Waals surface area (Å²) in [4.78, 5) is 24.1. The highest BCUT2D eigenvalue weighted by Crippen LogP contribution is 2.37. The van der Waals surface area contributed by atoms with Gasteiger partial charge in [-0.2, -0.15) is 5.10 Å². The Kier molecular flexibility index (Phi) is 10.8. The van der Waals surface area contributed by atoms with Gasteiger partial charge in [-0.1, -0.05) is 23.7 Å². The first-order valence-corrected chi connectivity index (χ1v) is 13.6. The van der Waals surface area contributed by atoms with Crippen molar-refractivity contribution in [3.8, 4) is 23.0 Å². The second-order valence-corrected chi connectivity index (χ2v) is 10.4. The standard InChI is InChI=1S/C27H28ClN3O9S/c1-36-23-10-8-19(28)13-22(23)31(41(34,35)21-9-11-24(37-2)25(14-21)38-3)16-26(32)30-29-15-18-6-5-7-20(12-18)40-17-27(33)39-4/h5-15H,16-17H2,1-4H3,(H,30,32)/b29-15-. The summed E-state index contributed by atoms with van der Waals surface area (Å²) < 4.78 is 54.2. The summed E-state index contributed by atoms with van der Waals surface area (Å²) in [5, 5.41) is 4.14. The first-order chi connectivity index (χ1) is 19.6. The minimum absolute atomic E-state index is 0.0318. The number of methoxy groups -OCH3 is 4. The van der Waals surface area contributed by atoms with Gasteiger partial charge in [0.15, 0.2) is 18.1 Å². The number of carbonyl (C=O) groups is 2. The molecular weight excluding hydrogens is 578 g/mol. The van der Waals surface area contributed by atoms with Gasteiger partial charge in [-0.25, -0.2) is 18.6 Å². The van der Waals surface area contributed by atoms with E-state index in [1.165, 1.54) is 71.1 Å². The number of halogens is 1. The van der Waals surface area contributed by atoms with E-state index in [0.717, 1.165) is 4.31 Å². The van der Waals surface area contributed by atoms with Crippen LogP contribution in [0.15, 0.2) is 70.7 Å². The van der Waals surface area contributed by atoms with E-state index in [9.17, 15) is 18.0 Å². The van der Waals surface area contributed by atoms with E-state index in [0.29, 0.717) is 17.1 Å². The third kappa shape index (κ3) is 8.02. The molecule has 0 aliphatic carbocycles. The molecule has 3 aromatic carbocycles. The fourth-order valence-electron chi connectivity index (χ4n) is 3.49. The smallest absolute Gasteiger partial charge is 0.343 e. The van der Waals surface area contributed by atoms with E-state index in [1.54, 1.807) is 24.3 Å². The van der Waals surface area contributed by atoms with E-state index in [-0.39, 0.29) is 33.7 Å². The van der Waals surface area contributed by atoms with Gasteiger partial charge < -0.3 is 23.7 Å². The molecule has 0 aliphatic heterocycles. The van der Waals surface area contributed by atoms with Crippen LogP contribution in [0.2, 0.25) is 5.02 Å². The molecule has 0 radical (unpaired) electrons. The predicted molar refractivity (Wildman–Crippen MR) is 152 cm³/mol. The number of esters is 1. The molecule has 218 valence electrons. The Morgan fingerprint density at radius 1 is 0.927 bits per heavy atom. The Morgan fingerprint density at radius 2 is 1.63 bits per heavy atom. The van der Waals surface area contributed by atoms with Crippen molar-refractivity contribution >= 4 is 45.4 Å². The fraction of sp³-hybridized carbons (Fsp3) is 0.222. The molecule has 3 aromatic rings. The number of nitrogens with zero attached hydrogens (tertiary/aromatic N) is 2. The Bertz CT molecular complexity index is 1530. The number of hydrogen-bond donors (Lipinski definition) is 1. The summed E-state index contributed by atoms with van der Waals surface area (Å²) in [6.45, 7) is -0.946. The lowest BCUT2D eigenvalue weighted by Crippen LogP contribution is -2.39. The van der Waals surface area contributed by atoms with Crippen LogP contribution in [0.3, 0.4) is 0 Å². The van der Waals surface area contributed by atoms with E-state index in [1.807, 2.05) is 0 Å². The summed E-state index contributed by atoms with van der Waals surface area (Å²) in [6, 6.07) is 15.0. The Hall–Kier alpha value is -4.49. The predicted octanol–water partition coefficient (Wildman–Crippen LogP) is 3.26. The average Bonchev–Trinajstić information content (AvgIpc) is 2.98. The van der Waals surface area contributed by atoms with E-state index in [2.05, 4.69) is 15.3 Å². The van der Waals surface area contributed by atoms with Crippen LogP contribution in [0.4, 0.5) is 5.69 Å². The van der Waals surface area contributed by atoms with Gasteiger partial charge in [0.1, 0.15) is 18.0 Å². The lowest BCUT2D eigenvalue weighted by atomic mass is 10.2. The molecule has 0 saturated carbocycles. The van der Waals surface area contributed by atoms with Crippen LogP contribution in [0, 0.1) is 0 Å². The number of anilines is 1. The molecule has 0 aliphatic rings. The number of carbonyl (C=O) groups excluding carboxylic acids is 2. The monoisotopic (exact) mass is 605 g/mol. The number of nitrogens with one attached hydrogen (secondary N) is 1. The van der Waals surface area contributed by atoms with Gasteiger partial charge in [-0.3, -0.25) is 9.10 Å². The lowest BCUT2D eigenvalue weighted by Gasteiger charge is -2.25. The number of hydrogen-bond acceptors (Lipinski definition) is 10. The summed E-state index contributed by atoms with van der Waals surface area (Å²) in [6.07, 6.45) is 1.33. The molecule has 0 bridgehead atoms. The van der Waals surface area contributed by atoms with Crippen LogP contribution < -0.4 is 28.7 Å². The topological polar surface area (TPSA) is 142 Å². The van der Waals surface area contributed by atoms with Crippen molar-refractivity contribution in [1.29, 1.82) is 0 Å². The SMILES string of the molecule is COC(=O)COc1cccc(/C=N\NC(=O)CN(c2cc(Cl)ccc2OC)S(=O)(=O)c2ccc(OC)c(OC)c2)c1. The zero-order valence-corrected chi connectivity index (χ0v) is 24.2. The highest BCUT2D eigenvalue weighted by Gasteiger charge is 2.30. The largest absolute Gasteiger partial charge is 0.495 e. The van der Waals surface area contributed by atoms with Gasteiger partial charge in [-0.15, -0.1) is 0 Å². The van der Waals surface area contributed by atoms with Crippen LogP contribution in [0.25, 0.3) is 0 Å². The number of benzene rings is 3. The van der Waals surface area contributed by atoms with Crippen LogP contribution in [-0.4, -0.2) is 68.1 Å². The molecule has 3 rings (SSSR count). The molecule has 0 fully saturated rings. The Morgan fingerprint density at radius 3 is 2.32 bits per heavy atom. The van der Waals surface area contributed by atoms with E-state index >= 15 is 0 Å². The first-order valence-electron chi connectivity index (χ1n) is 11.8. The highest BCUT2D eigenvalue weighted by molar-refractivity contribution is 7.92. The molecule has 12 nitrogen and oxygen atoms in total. The zero-order valence-electron chi connectivity index (χ0n) is 22.6. The van der Waals surface area contributed by atoms with Gasteiger partial charge in [0.05, 0.1) is 45.2 Å². The van der Waals surface area contributed by atoms with Crippen molar-refractivity contribution in [1.82, 2.24) is 5.43 Å². The van der Waals surface area contributed by atoms with Gasteiger partial charge >= 0.3 is 5.97 Å². The maximum Gasteiger partial charge on any atom is 0.343 e. The minimum Gasteiger partial charge on any atom is -0.495 e. The maximum atomic E-state index is 13.8. The van der Waals surface area contributed by atoms with Crippen molar-refractivity contribution in [2.24, 2.45) is 5.10 Å². The normalized spacial score (nSPS) is 11.0. The molecule has 14 heteroatoms. The Balaban J connectivity index is 1.88. The lowest BCUT2D eigenvalue weighted by molar-refractivity contribution is -0.142. The minimum atomic E-state index is -4.36. The van der Waals surface area contributed by atoms with Crippen molar-refractivity contribution in [3.63, 3.8) is 0 Å². The quantitative estimate of drug-likeness (QED) is 0.176. The van der Waals surface area contributed by atoms with Crippen LogP contribution >= 0.6 is 11.6 Å². The molecule has 0 unspecified atom stereocenters. The summed E-state index contributed by atoms with van der Waals surface area (Å²) in [5.74, 6) is -0.251. The first kappa shape index (κ1) is 31.0. The molecule has 1 amide bonds. The maximum absolute atomic E-state index is 13.8. The van der Waals surface area contributed by atoms with E-state index in [4.69, 9.17) is 30.5 Å². The molecule has 0 aromatic heterocycles. The summed E-state index contributed by atoms with van der Waals surface area (Å²) >= 11 is 6.18. The fourth-order valence-corrected chi connectivity index (χ4v) is 5.10. The second-order valence-electron chi connectivity index (χ2n) is 8.08. The van der Waals surface area contributed by atoms with Crippen molar-refractivity contribution in [2.45, 2.75) is 4.90 Å². The number of ether oxygens (including phenoxy) is 5. The molecule has 41 heavy (non-hydrogen) atoms. The Labute approximate surface area is 242 Å². The van der Waals surface area contributed by atoms with Crippen molar-refractivity contribution < 1.29 is 41.7 Å². The van der Waals surface area contributed by atoms with Crippen molar-refractivity contribution in [2.75, 3.05) is 45.9 Å². The van der Waals surface area contributed by atoms with Gasteiger partial charge in [0.2, 0.25) is 0 Å².